The normalized spacial score (nSPS) is 16.8. The number of benzene rings is 1. The first-order chi connectivity index (χ1) is 12.4. The van der Waals surface area contributed by atoms with Crippen molar-refractivity contribution in [2.24, 2.45) is 5.92 Å². The molecule has 6 nitrogen and oxygen atoms in total. The van der Waals surface area contributed by atoms with Gasteiger partial charge in [0.1, 0.15) is 5.75 Å². The number of ether oxygens (including phenoxy) is 1. The molecule has 8 heteroatoms. The minimum atomic E-state index is -3.84. The van der Waals surface area contributed by atoms with E-state index in [0.717, 1.165) is 19.3 Å². The van der Waals surface area contributed by atoms with Crippen LogP contribution in [0.2, 0.25) is 0 Å². The van der Waals surface area contributed by atoms with Crippen LogP contribution in [-0.2, 0) is 22.9 Å². The van der Waals surface area contributed by atoms with Crippen LogP contribution in [0.15, 0.2) is 35.2 Å². The zero-order chi connectivity index (χ0) is 18.7. The summed E-state index contributed by atoms with van der Waals surface area (Å²) in [6.45, 7) is 4.56. The van der Waals surface area contributed by atoms with Crippen molar-refractivity contribution in [1.82, 2.24) is 10.3 Å². The fraction of sp³-hybridized carbons (Fsp3) is 0.389. The number of nitrogens with one attached hydrogen (secondary N) is 2. The molecule has 2 aromatic rings. The van der Waals surface area contributed by atoms with Crippen LogP contribution in [0.25, 0.3) is 0 Å². The predicted octanol–water partition coefficient (Wildman–Crippen LogP) is 2.89. The van der Waals surface area contributed by atoms with E-state index in [1.165, 1.54) is 33.9 Å². The number of aryl methyl sites for hydroxylation is 1. The highest BCUT2D eigenvalue weighted by Crippen LogP contribution is 2.32. The highest BCUT2D eigenvalue weighted by atomic mass is 32.2. The number of sulfonamides is 1. The van der Waals surface area contributed by atoms with Gasteiger partial charge in [-0.1, -0.05) is 6.92 Å². The average Bonchev–Trinajstić information content (AvgIpc) is 3.04. The highest BCUT2D eigenvalue weighted by Gasteiger charge is 2.22. The van der Waals surface area contributed by atoms with Crippen molar-refractivity contribution in [2.75, 3.05) is 6.61 Å². The lowest BCUT2D eigenvalue weighted by atomic mass is 9.90. The molecule has 0 fully saturated rings. The van der Waals surface area contributed by atoms with Crippen LogP contribution >= 0.6 is 11.3 Å². The SMILES string of the molecule is CCOc1ccc(S(=O)(=O)NNC(=O)c2cc3c(s2)CC[C@H](C)C3)cc1. The second kappa shape index (κ2) is 7.77. The van der Waals surface area contributed by atoms with Crippen LogP contribution in [0.1, 0.15) is 40.4 Å². The molecule has 26 heavy (non-hydrogen) atoms. The Morgan fingerprint density at radius 2 is 2.04 bits per heavy atom. The number of thiophene rings is 1. The second-order valence-corrected chi connectivity index (χ2v) is 9.19. The molecule has 0 radical (unpaired) electrons. The van der Waals surface area contributed by atoms with E-state index >= 15 is 0 Å². The molecule has 1 aliphatic carbocycles. The summed E-state index contributed by atoms with van der Waals surface area (Å²) in [5.41, 5.74) is 3.50. The summed E-state index contributed by atoms with van der Waals surface area (Å²) in [4.78, 5) is 16.3. The molecule has 3 rings (SSSR count). The first-order valence-corrected chi connectivity index (χ1v) is 10.9. The van der Waals surface area contributed by atoms with Crippen LogP contribution in [-0.4, -0.2) is 20.9 Å². The molecule has 0 bridgehead atoms. The Morgan fingerprint density at radius 3 is 2.73 bits per heavy atom. The number of carbonyl (C=O) groups excluding carboxylic acids is 1. The predicted molar refractivity (Wildman–Crippen MR) is 101 cm³/mol. The molecular formula is C18H22N2O4S2. The number of hydrogen-bond acceptors (Lipinski definition) is 5. The Bertz CT molecular complexity index is 888. The third kappa shape index (κ3) is 4.25. The van der Waals surface area contributed by atoms with Gasteiger partial charge in [0.25, 0.3) is 15.9 Å². The topological polar surface area (TPSA) is 84.5 Å². The van der Waals surface area contributed by atoms with Crippen molar-refractivity contribution in [3.8, 4) is 5.75 Å². The number of fused-ring (bicyclic) bond motifs is 1. The maximum Gasteiger partial charge on any atom is 0.276 e. The molecule has 1 aromatic carbocycles. The van der Waals surface area contributed by atoms with Crippen molar-refractivity contribution >= 4 is 27.3 Å². The van der Waals surface area contributed by atoms with Crippen LogP contribution in [0, 0.1) is 5.92 Å². The van der Waals surface area contributed by atoms with Gasteiger partial charge < -0.3 is 4.74 Å². The standard InChI is InChI=1S/C18H22N2O4S2/c1-3-24-14-5-7-15(8-6-14)26(22,23)20-19-18(21)17-11-13-10-12(2)4-9-16(13)25-17/h5-8,11-12,20H,3-4,9-10H2,1-2H3,(H,19,21)/t12-/m0/s1. The molecule has 1 aliphatic rings. The average molecular weight is 395 g/mol. The summed E-state index contributed by atoms with van der Waals surface area (Å²) in [6.07, 6.45) is 3.07. The Balaban J connectivity index is 1.65. The smallest absolute Gasteiger partial charge is 0.276 e. The van der Waals surface area contributed by atoms with Gasteiger partial charge in [0.2, 0.25) is 0 Å². The van der Waals surface area contributed by atoms with Crippen molar-refractivity contribution in [3.05, 3.63) is 45.6 Å². The van der Waals surface area contributed by atoms with E-state index in [1.54, 1.807) is 12.1 Å². The first kappa shape index (κ1) is 18.9. The minimum Gasteiger partial charge on any atom is -0.494 e. The zero-order valence-corrected chi connectivity index (χ0v) is 16.4. The molecule has 1 aromatic heterocycles. The number of hydrogen-bond donors (Lipinski definition) is 2. The third-order valence-electron chi connectivity index (χ3n) is 4.30. The van der Waals surface area contributed by atoms with Gasteiger partial charge in [-0.2, -0.15) is 0 Å². The summed E-state index contributed by atoms with van der Waals surface area (Å²) >= 11 is 1.44. The maximum atomic E-state index is 12.3. The summed E-state index contributed by atoms with van der Waals surface area (Å²) in [7, 11) is -3.84. The van der Waals surface area contributed by atoms with Gasteiger partial charge in [0.15, 0.2) is 0 Å². The van der Waals surface area contributed by atoms with E-state index in [2.05, 4.69) is 17.2 Å². The molecular weight excluding hydrogens is 372 g/mol. The molecule has 0 saturated heterocycles. The van der Waals surface area contributed by atoms with E-state index in [-0.39, 0.29) is 4.90 Å². The fourth-order valence-corrected chi connectivity index (χ4v) is 4.88. The molecule has 1 atom stereocenters. The van der Waals surface area contributed by atoms with Crippen molar-refractivity contribution < 1.29 is 17.9 Å². The van der Waals surface area contributed by atoms with Crippen LogP contribution < -0.4 is 15.0 Å². The lowest BCUT2D eigenvalue weighted by molar-refractivity contribution is 0.0949. The molecule has 1 amide bonds. The van der Waals surface area contributed by atoms with Crippen molar-refractivity contribution in [2.45, 2.75) is 38.0 Å². The molecule has 0 spiro atoms. The molecule has 1 heterocycles. The summed E-state index contributed by atoms with van der Waals surface area (Å²) in [5, 5.41) is 0. The second-order valence-electron chi connectivity index (χ2n) is 6.37. The van der Waals surface area contributed by atoms with Crippen LogP contribution in [0.4, 0.5) is 0 Å². The molecule has 0 saturated carbocycles. The maximum absolute atomic E-state index is 12.3. The Morgan fingerprint density at radius 1 is 1.31 bits per heavy atom. The van der Waals surface area contributed by atoms with Crippen LogP contribution in [0.3, 0.4) is 0 Å². The monoisotopic (exact) mass is 394 g/mol. The van der Waals surface area contributed by atoms with E-state index in [1.807, 2.05) is 13.0 Å². The number of carbonyl (C=O) groups is 1. The van der Waals surface area contributed by atoms with Gasteiger partial charge in [-0.3, -0.25) is 10.2 Å². The van der Waals surface area contributed by atoms with E-state index in [4.69, 9.17) is 4.74 Å². The van der Waals surface area contributed by atoms with Crippen molar-refractivity contribution in [3.63, 3.8) is 0 Å². The Hall–Kier alpha value is -1.90. The zero-order valence-electron chi connectivity index (χ0n) is 14.7. The van der Waals surface area contributed by atoms with Gasteiger partial charge in [-0.05, 0) is 68.0 Å². The van der Waals surface area contributed by atoms with Gasteiger partial charge >= 0.3 is 0 Å². The third-order valence-corrected chi connectivity index (χ3v) is 6.80. The van der Waals surface area contributed by atoms with Crippen molar-refractivity contribution in [1.29, 1.82) is 0 Å². The number of rotatable bonds is 6. The summed E-state index contributed by atoms with van der Waals surface area (Å²) in [6, 6.07) is 7.90. The Kier molecular flexibility index (Phi) is 5.64. The highest BCUT2D eigenvalue weighted by molar-refractivity contribution is 7.89. The molecule has 0 unspecified atom stereocenters. The van der Waals surface area contributed by atoms with E-state index in [0.29, 0.717) is 23.2 Å². The quantitative estimate of drug-likeness (QED) is 0.738. The lowest BCUT2D eigenvalue weighted by Gasteiger charge is -2.16. The van der Waals surface area contributed by atoms with Gasteiger partial charge in [-0.15, -0.1) is 16.2 Å². The van der Waals surface area contributed by atoms with Gasteiger partial charge in [0, 0.05) is 4.88 Å². The molecule has 2 N–H and O–H groups in total. The van der Waals surface area contributed by atoms with Gasteiger partial charge in [-0.25, -0.2) is 8.42 Å². The minimum absolute atomic E-state index is 0.0561. The molecule has 0 aliphatic heterocycles. The summed E-state index contributed by atoms with van der Waals surface area (Å²) < 4.78 is 29.9. The van der Waals surface area contributed by atoms with E-state index < -0.39 is 15.9 Å². The largest absolute Gasteiger partial charge is 0.494 e. The molecule has 140 valence electrons. The fourth-order valence-electron chi connectivity index (χ4n) is 2.93. The lowest BCUT2D eigenvalue weighted by Crippen LogP contribution is -2.41. The number of amides is 1. The van der Waals surface area contributed by atoms with Crippen LogP contribution in [0.5, 0.6) is 5.75 Å². The number of hydrazine groups is 1. The van der Waals surface area contributed by atoms with E-state index in [9.17, 15) is 13.2 Å². The Labute approximate surface area is 157 Å². The first-order valence-electron chi connectivity index (χ1n) is 8.55. The summed E-state index contributed by atoms with van der Waals surface area (Å²) in [5.74, 6) is 0.770. The van der Waals surface area contributed by atoms with Gasteiger partial charge in [0.05, 0.1) is 16.4 Å².